The SMILES string of the molecule is Cc1ccc(NCc2cc(=O)oc3cc(Br)ccc23)c(F)c1. The smallest absolute Gasteiger partial charge is 0.336 e. The number of fused-ring (bicyclic) bond motifs is 1. The zero-order valence-electron chi connectivity index (χ0n) is 11.8. The van der Waals surface area contributed by atoms with Gasteiger partial charge in [0.1, 0.15) is 11.4 Å². The third kappa shape index (κ3) is 3.04. The van der Waals surface area contributed by atoms with Gasteiger partial charge in [0.25, 0.3) is 0 Å². The maximum absolute atomic E-state index is 13.9. The zero-order valence-corrected chi connectivity index (χ0v) is 13.4. The molecule has 1 N–H and O–H groups in total. The minimum Gasteiger partial charge on any atom is -0.423 e. The quantitative estimate of drug-likeness (QED) is 0.692. The first-order valence-corrected chi connectivity index (χ1v) is 7.54. The second-order valence-corrected chi connectivity index (χ2v) is 5.98. The third-order valence-electron chi connectivity index (χ3n) is 3.39. The second-order valence-electron chi connectivity index (χ2n) is 5.07. The summed E-state index contributed by atoms with van der Waals surface area (Å²) in [6, 6.07) is 11.9. The predicted molar refractivity (Wildman–Crippen MR) is 88.6 cm³/mol. The molecule has 1 aromatic heterocycles. The number of halogens is 2. The van der Waals surface area contributed by atoms with Gasteiger partial charge in [-0.25, -0.2) is 9.18 Å². The van der Waals surface area contributed by atoms with Crippen LogP contribution >= 0.6 is 15.9 Å². The van der Waals surface area contributed by atoms with Crippen molar-refractivity contribution in [2.45, 2.75) is 13.5 Å². The molecule has 0 spiro atoms. The van der Waals surface area contributed by atoms with E-state index >= 15 is 0 Å². The molecule has 0 saturated heterocycles. The molecule has 3 rings (SSSR count). The van der Waals surface area contributed by atoms with E-state index in [4.69, 9.17) is 4.42 Å². The van der Waals surface area contributed by atoms with Gasteiger partial charge in [-0.15, -0.1) is 0 Å². The number of nitrogens with one attached hydrogen (secondary N) is 1. The van der Waals surface area contributed by atoms with E-state index in [0.29, 0.717) is 17.8 Å². The molecule has 0 fully saturated rings. The van der Waals surface area contributed by atoms with E-state index in [1.54, 1.807) is 12.1 Å². The molecule has 0 bridgehead atoms. The number of benzene rings is 2. The van der Waals surface area contributed by atoms with Crippen molar-refractivity contribution in [1.82, 2.24) is 0 Å². The lowest BCUT2D eigenvalue weighted by Gasteiger charge is -2.10. The van der Waals surface area contributed by atoms with Crippen molar-refractivity contribution in [2.75, 3.05) is 5.32 Å². The van der Waals surface area contributed by atoms with Crippen molar-refractivity contribution in [1.29, 1.82) is 0 Å². The Bertz CT molecular complexity index is 905. The molecule has 0 aliphatic heterocycles. The maximum atomic E-state index is 13.9. The van der Waals surface area contributed by atoms with E-state index in [9.17, 15) is 9.18 Å². The van der Waals surface area contributed by atoms with Gasteiger partial charge in [-0.05, 0) is 48.4 Å². The second kappa shape index (κ2) is 5.93. The van der Waals surface area contributed by atoms with Gasteiger partial charge < -0.3 is 9.73 Å². The molecule has 3 aromatic rings. The summed E-state index contributed by atoms with van der Waals surface area (Å²) in [4.78, 5) is 11.7. The van der Waals surface area contributed by atoms with E-state index in [2.05, 4.69) is 21.2 Å². The average molecular weight is 362 g/mol. The number of aryl methyl sites for hydroxylation is 1. The van der Waals surface area contributed by atoms with E-state index in [1.165, 1.54) is 12.1 Å². The van der Waals surface area contributed by atoms with Gasteiger partial charge in [0.15, 0.2) is 0 Å². The summed E-state index contributed by atoms with van der Waals surface area (Å²) in [5, 5.41) is 3.85. The van der Waals surface area contributed by atoms with Crippen molar-refractivity contribution >= 4 is 32.6 Å². The Morgan fingerprint density at radius 2 is 2.00 bits per heavy atom. The van der Waals surface area contributed by atoms with Gasteiger partial charge in [0, 0.05) is 22.5 Å². The topological polar surface area (TPSA) is 42.2 Å². The monoisotopic (exact) mass is 361 g/mol. The van der Waals surface area contributed by atoms with Crippen LogP contribution < -0.4 is 10.9 Å². The molecule has 0 radical (unpaired) electrons. The first kappa shape index (κ1) is 14.8. The Balaban J connectivity index is 1.95. The highest BCUT2D eigenvalue weighted by atomic mass is 79.9. The Kier molecular flexibility index (Phi) is 3.98. The minimum atomic E-state index is -0.424. The van der Waals surface area contributed by atoms with Crippen LogP contribution in [0.4, 0.5) is 10.1 Å². The summed E-state index contributed by atoms with van der Waals surface area (Å²) in [5.74, 6) is -0.310. The van der Waals surface area contributed by atoms with Crippen LogP contribution in [0.25, 0.3) is 11.0 Å². The first-order valence-electron chi connectivity index (χ1n) is 6.75. The molecule has 2 aromatic carbocycles. The molecule has 0 atom stereocenters. The van der Waals surface area contributed by atoms with Crippen LogP contribution in [0.15, 0.2) is 56.1 Å². The van der Waals surface area contributed by atoms with Crippen LogP contribution in [0.3, 0.4) is 0 Å². The minimum absolute atomic E-state index is 0.310. The molecular weight excluding hydrogens is 349 g/mol. The van der Waals surface area contributed by atoms with E-state index in [0.717, 1.165) is 21.0 Å². The summed E-state index contributed by atoms with van der Waals surface area (Å²) in [7, 11) is 0. The molecule has 0 saturated carbocycles. The molecule has 112 valence electrons. The van der Waals surface area contributed by atoms with Crippen molar-refractivity contribution in [3.05, 3.63) is 74.3 Å². The van der Waals surface area contributed by atoms with Gasteiger partial charge >= 0.3 is 5.63 Å². The van der Waals surface area contributed by atoms with Crippen LogP contribution in [0.2, 0.25) is 0 Å². The Morgan fingerprint density at radius 3 is 2.77 bits per heavy atom. The van der Waals surface area contributed by atoms with Crippen LogP contribution in [-0.4, -0.2) is 0 Å². The molecule has 3 nitrogen and oxygen atoms in total. The zero-order chi connectivity index (χ0) is 15.7. The van der Waals surface area contributed by atoms with Crippen molar-refractivity contribution in [2.24, 2.45) is 0 Å². The summed E-state index contributed by atoms with van der Waals surface area (Å²) in [6.45, 7) is 2.17. The Hall–Kier alpha value is -2.14. The average Bonchev–Trinajstić information content (AvgIpc) is 2.45. The molecule has 22 heavy (non-hydrogen) atoms. The van der Waals surface area contributed by atoms with Gasteiger partial charge in [0.2, 0.25) is 0 Å². The molecule has 0 unspecified atom stereocenters. The van der Waals surface area contributed by atoms with Crippen LogP contribution in [-0.2, 0) is 6.54 Å². The fraction of sp³-hybridized carbons (Fsp3) is 0.118. The number of hydrogen-bond acceptors (Lipinski definition) is 3. The highest BCUT2D eigenvalue weighted by Gasteiger charge is 2.08. The highest BCUT2D eigenvalue weighted by molar-refractivity contribution is 9.10. The van der Waals surface area contributed by atoms with Crippen LogP contribution in [0.1, 0.15) is 11.1 Å². The largest absolute Gasteiger partial charge is 0.423 e. The molecule has 0 aliphatic carbocycles. The summed E-state index contributed by atoms with van der Waals surface area (Å²) in [5.41, 5.74) is 2.11. The van der Waals surface area contributed by atoms with Crippen molar-refractivity contribution in [3.63, 3.8) is 0 Å². The van der Waals surface area contributed by atoms with Gasteiger partial charge in [-0.1, -0.05) is 22.0 Å². The molecule has 0 aliphatic rings. The molecule has 0 amide bonds. The summed E-state index contributed by atoms with van der Waals surface area (Å²) < 4.78 is 19.9. The van der Waals surface area contributed by atoms with Crippen LogP contribution in [0.5, 0.6) is 0 Å². The normalized spacial score (nSPS) is 10.9. The fourth-order valence-corrected chi connectivity index (χ4v) is 2.64. The van der Waals surface area contributed by atoms with Crippen molar-refractivity contribution < 1.29 is 8.81 Å². The summed E-state index contributed by atoms with van der Waals surface area (Å²) >= 11 is 3.35. The standard InChI is InChI=1S/C17H13BrFNO2/c1-10-2-5-15(14(19)6-10)20-9-11-7-17(21)22-16-8-12(18)3-4-13(11)16/h2-8,20H,9H2,1H3. The summed E-state index contributed by atoms with van der Waals surface area (Å²) in [6.07, 6.45) is 0. The molecule has 1 heterocycles. The van der Waals surface area contributed by atoms with E-state index < -0.39 is 5.63 Å². The van der Waals surface area contributed by atoms with Gasteiger partial charge in [0.05, 0.1) is 5.69 Å². The molecule has 5 heteroatoms. The Labute approximate surface area is 134 Å². The predicted octanol–water partition coefficient (Wildman–Crippen LogP) is 4.62. The number of rotatable bonds is 3. The van der Waals surface area contributed by atoms with E-state index in [1.807, 2.05) is 25.1 Å². The lowest BCUT2D eigenvalue weighted by Crippen LogP contribution is -2.06. The van der Waals surface area contributed by atoms with E-state index in [-0.39, 0.29) is 5.82 Å². The van der Waals surface area contributed by atoms with Gasteiger partial charge in [-0.2, -0.15) is 0 Å². The van der Waals surface area contributed by atoms with Crippen LogP contribution in [0, 0.1) is 12.7 Å². The fourth-order valence-electron chi connectivity index (χ4n) is 2.30. The lowest BCUT2D eigenvalue weighted by atomic mass is 10.1. The van der Waals surface area contributed by atoms with Gasteiger partial charge in [-0.3, -0.25) is 0 Å². The molecular formula is C17H13BrFNO2. The maximum Gasteiger partial charge on any atom is 0.336 e. The Morgan fingerprint density at radius 1 is 1.18 bits per heavy atom. The van der Waals surface area contributed by atoms with Crippen molar-refractivity contribution in [3.8, 4) is 0 Å². The highest BCUT2D eigenvalue weighted by Crippen LogP contribution is 2.23. The first-order chi connectivity index (χ1) is 10.5. The number of anilines is 1. The third-order valence-corrected chi connectivity index (χ3v) is 3.88. The number of hydrogen-bond donors (Lipinski definition) is 1. The lowest BCUT2D eigenvalue weighted by molar-refractivity contribution is 0.559.